The zero-order valence-corrected chi connectivity index (χ0v) is 30.0. The van der Waals surface area contributed by atoms with Crippen molar-refractivity contribution in [2.75, 3.05) is 0 Å². The maximum atomic E-state index is 16.1. The molecule has 0 radical (unpaired) electrons. The third-order valence-corrected chi connectivity index (χ3v) is 21.8. The van der Waals surface area contributed by atoms with Crippen molar-refractivity contribution < 1.29 is 14.5 Å². The second kappa shape index (κ2) is 14.0. The van der Waals surface area contributed by atoms with E-state index in [4.69, 9.17) is 98.5 Å². The van der Waals surface area contributed by atoms with E-state index in [1.165, 1.54) is 24.3 Å². The Balaban J connectivity index is 1.80. The van der Waals surface area contributed by atoms with Gasteiger partial charge in [-0.1, -0.05) is 0 Å². The van der Waals surface area contributed by atoms with E-state index in [0.717, 1.165) is 0 Å². The first-order valence-corrected chi connectivity index (χ1v) is 20.8. The fraction of sp³-hybridized carbons (Fsp3) is 0. The molecule has 0 aromatic heterocycles. The molecule has 0 saturated heterocycles. The molecular weight excluding hydrogens is 924 g/mol. The Morgan fingerprint density at radius 2 is 0.718 bits per heavy atom. The Hall–Kier alpha value is 0.740. The SMILES string of the molecule is O=P(F)(OI(c1ccc(Cl)cc1Cl)c1ccc(Cl)cc1Cl)OI(c1ccc(Cl)cc1Cl)c1ccc(Cl)cc1Cl. The maximum absolute atomic E-state index is 16.1. The molecule has 15 heteroatoms. The second-order valence-electron chi connectivity index (χ2n) is 7.30. The summed E-state index contributed by atoms with van der Waals surface area (Å²) in [7, 11) is -5.32. The molecule has 0 N–H and O–H groups in total. The Labute approximate surface area is 279 Å². The predicted octanol–water partition coefficient (Wildman–Crippen LogP) is 13.6. The molecule has 4 aromatic carbocycles. The van der Waals surface area contributed by atoms with Gasteiger partial charge >= 0.3 is 283 Å². The molecule has 4 rings (SSSR count). The summed E-state index contributed by atoms with van der Waals surface area (Å²) in [6.45, 7) is 0. The summed E-state index contributed by atoms with van der Waals surface area (Å²) in [6, 6.07) is 18.4. The molecule has 0 aliphatic carbocycles. The number of benzene rings is 4. The van der Waals surface area contributed by atoms with Crippen molar-refractivity contribution in [3.8, 4) is 0 Å². The van der Waals surface area contributed by atoms with E-state index >= 15 is 4.20 Å². The summed E-state index contributed by atoms with van der Waals surface area (Å²) in [6.07, 6.45) is 0. The molecule has 0 aliphatic heterocycles. The van der Waals surface area contributed by atoms with Crippen LogP contribution in [0.5, 0.6) is 0 Å². The number of rotatable bonds is 8. The van der Waals surface area contributed by atoms with Crippen molar-refractivity contribution in [1.29, 1.82) is 0 Å². The summed E-state index contributed by atoms with van der Waals surface area (Å²) in [5.74, 6) is 0. The summed E-state index contributed by atoms with van der Waals surface area (Å²) < 4.78 is 42.6. The summed E-state index contributed by atoms with van der Waals surface area (Å²) in [4.78, 5) is 0. The second-order valence-corrected chi connectivity index (χ2v) is 21.7. The Kier molecular flexibility index (Phi) is 11.7. The van der Waals surface area contributed by atoms with Gasteiger partial charge in [-0.2, -0.15) is 0 Å². The molecule has 4 aromatic rings. The van der Waals surface area contributed by atoms with E-state index in [1.54, 1.807) is 48.5 Å². The monoisotopic (exact) mass is 932 g/mol. The van der Waals surface area contributed by atoms with Crippen molar-refractivity contribution in [3.63, 3.8) is 0 Å². The first-order chi connectivity index (χ1) is 18.3. The fourth-order valence-electron chi connectivity index (χ4n) is 2.98. The van der Waals surface area contributed by atoms with E-state index in [1.807, 2.05) is 0 Å². The van der Waals surface area contributed by atoms with Crippen LogP contribution in [0.4, 0.5) is 4.20 Å². The fourth-order valence-corrected chi connectivity index (χ4v) is 19.6. The molecule has 0 atom stereocenters. The van der Waals surface area contributed by atoms with E-state index in [-0.39, 0.29) is 20.1 Å². The quantitative estimate of drug-likeness (QED) is 0.100. The van der Waals surface area contributed by atoms with E-state index in [0.29, 0.717) is 34.4 Å². The molecular formula is C24H12Cl8FI2O3P. The van der Waals surface area contributed by atoms with Gasteiger partial charge in [0.1, 0.15) is 0 Å². The third kappa shape index (κ3) is 8.43. The first kappa shape index (κ1) is 32.6. The van der Waals surface area contributed by atoms with Gasteiger partial charge < -0.3 is 0 Å². The molecule has 0 bridgehead atoms. The van der Waals surface area contributed by atoms with Crippen LogP contribution in [0.25, 0.3) is 0 Å². The molecule has 208 valence electrons. The molecule has 0 heterocycles. The standard InChI is InChI=1S/C24H12Cl8FI2O3P/c25-13-1-5-21(17(29)9-13)34(22-6-2-14(26)10-18(22)30)37-39(33,36)38-35(23-7-3-15(27)11-19(23)31)24-8-4-16(28)12-20(24)32/h1-12H. The van der Waals surface area contributed by atoms with Crippen LogP contribution in [0, 0.1) is 14.3 Å². The molecule has 39 heavy (non-hydrogen) atoms. The van der Waals surface area contributed by atoms with Gasteiger partial charge in [-0.3, -0.25) is 0 Å². The Morgan fingerprint density at radius 1 is 0.487 bits per heavy atom. The number of hydrogen-bond donors (Lipinski definition) is 0. The van der Waals surface area contributed by atoms with Crippen molar-refractivity contribution in [2.45, 2.75) is 0 Å². The number of halogens is 11. The van der Waals surface area contributed by atoms with Crippen LogP contribution < -0.4 is 0 Å². The van der Waals surface area contributed by atoms with E-state index in [2.05, 4.69) is 0 Å². The van der Waals surface area contributed by atoms with E-state index < -0.39 is 48.4 Å². The molecule has 0 fully saturated rings. The van der Waals surface area contributed by atoms with Crippen LogP contribution in [0.2, 0.25) is 40.2 Å². The van der Waals surface area contributed by atoms with Crippen LogP contribution in [-0.2, 0) is 10.3 Å². The third-order valence-electron chi connectivity index (χ3n) is 4.57. The Bertz CT molecular complexity index is 1380. The molecule has 3 nitrogen and oxygen atoms in total. The molecule has 0 amide bonds. The first-order valence-electron chi connectivity index (χ1n) is 10.2. The normalized spacial score (nSPS) is 12.4. The van der Waals surface area contributed by atoms with Gasteiger partial charge in [-0.25, -0.2) is 0 Å². The van der Waals surface area contributed by atoms with Crippen LogP contribution in [0.1, 0.15) is 0 Å². The summed E-state index contributed by atoms with van der Waals surface area (Å²) in [5.41, 5.74) is 0. The predicted molar refractivity (Wildman–Crippen MR) is 180 cm³/mol. The summed E-state index contributed by atoms with van der Waals surface area (Å²) >= 11 is 43.2. The van der Waals surface area contributed by atoms with Crippen molar-refractivity contribution in [1.82, 2.24) is 0 Å². The minimum atomic E-state index is -5.32. The number of hydrogen-bond acceptors (Lipinski definition) is 3. The van der Waals surface area contributed by atoms with E-state index in [9.17, 15) is 4.57 Å². The van der Waals surface area contributed by atoms with Gasteiger partial charge in [0.2, 0.25) is 0 Å². The minimum absolute atomic E-state index is 0.190. The van der Waals surface area contributed by atoms with Crippen molar-refractivity contribution >= 4 is 141 Å². The van der Waals surface area contributed by atoms with Gasteiger partial charge in [-0.15, -0.1) is 0 Å². The average molecular weight is 936 g/mol. The van der Waals surface area contributed by atoms with Gasteiger partial charge in [0.05, 0.1) is 0 Å². The zero-order valence-electron chi connectivity index (χ0n) is 18.8. The topological polar surface area (TPSA) is 35.5 Å². The Morgan fingerprint density at radius 3 is 0.923 bits per heavy atom. The van der Waals surface area contributed by atoms with Crippen LogP contribution in [0.15, 0.2) is 72.8 Å². The molecule has 0 aliphatic rings. The van der Waals surface area contributed by atoms with Gasteiger partial charge in [-0.05, 0) is 0 Å². The van der Waals surface area contributed by atoms with Gasteiger partial charge in [0, 0.05) is 0 Å². The van der Waals surface area contributed by atoms with Gasteiger partial charge in [0.25, 0.3) is 0 Å². The zero-order chi connectivity index (χ0) is 28.5. The van der Waals surface area contributed by atoms with Crippen LogP contribution >= 0.6 is 141 Å². The van der Waals surface area contributed by atoms with Gasteiger partial charge in [0.15, 0.2) is 0 Å². The van der Waals surface area contributed by atoms with Crippen LogP contribution in [0.3, 0.4) is 0 Å². The molecule has 0 unspecified atom stereocenters. The summed E-state index contributed by atoms with van der Waals surface area (Å²) in [5, 5.41) is 2.17. The van der Waals surface area contributed by atoms with Crippen molar-refractivity contribution in [2.24, 2.45) is 0 Å². The molecule has 0 spiro atoms. The average Bonchev–Trinajstić information content (AvgIpc) is 2.82. The van der Waals surface area contributed by atoms with Crippen molar-refractivity contribution in [3.05, 3.63) is 127 Å². The molecule has 0 saturated carbocycles. The van der Waals surface area contributed by atoms with Crippen LogP contribution in [-0.4, -0.2) is 0 Å².